The molecule has 4 nitrogen and oxygen atoms in total. The molecule has 0 aromatic rings. The lowest BCUT2D eigenvalue weighted by atomic mass is 10.1. The van der Waals surface area contributed by atoms with Gasteiger partial charge in [0.15, 0.2) is 0 Å². The third-order valence-corrected chi connectivity index (χ3v) is 1.89. The molecule has 0 saturated heterocycles. The molecular formula is C11H19NO3. The van der Waals surface area contributed by atoms with Gasteiger partial charge in [0.1, 0.15) is 6.04 Å². The molecule has 0 aliphatic heterocycles. The van der Waals surface area contributed by atoms with Crippen LogP contribution in [-0.2, 0) is 9.59 Å². The van der Waals surface area contributed by atoms with Gasteiger partial charge in [0.2, 0.25) is 5.91 Å². The maximum Gasteiger partial charge on any atom is 0.326 e. The molecule has 4 heteroatoms. The second-order valence-corrected chi connectivity index (χ2v) is 3.92. The third-order valence-electron chi connectivity index (χ3n) is 1.89. The Morgan fingerprint density at radius 2 is 2.07 bits per heavy atom. The Hall–Kier alpha value is -1.32. The van der Waals surface area contributed by atoms with Crippen LogP contribution >= 0.6 is 0 Å². The van der Waals surface area contributed by atoms with Gasteiger partial charge >= 0.3 is 5.97 Å². The molecule has 0 aromatic carbocycles. The molecule has 0 radical (unpaired) electrons. The van der Waals surface area contributed by atoms with E-state index in [4.69, 9.17) is 5.11 Å². The van der Waals surface area contributed by atoms with Crippen LogP contribution in [0.4, 0.5) is 0 Å². The SMILES string of the molecule is C=CCC[C@@H](NC(=O)CC(C)C)C(=O)O. The number of carboxylic acids is 1. The number of carbonyl (C=O) groups excluding carboxylic acids is 1. The summed E-state index contributed by atoms with van der Waals surface area (Å²) in [6.45, 7) is 7.35. The maximum atomic E-state index is 11.3. The molecule has 0 spiro atoms. The van der Waals surface area contributed by atoms with Crippen LogP contribution in [0, 0.1) is 5.92 Å². The lowest BCUT2D eigenvalue weighted by Crippen LogP contribution is -2.41. The molecule has 0 aliphatic rings. The van der Waals surface area contributed by atoms with E-state index in [-0.39, 0.29) is 11.8 Å². The standard InChI is InChI=1S/C11H19NO3/c1-4-5-6-9(11(14)15)12-10(13)7-8(2)3/h4,8-9H,1,5-7H2,2-3H3,(H,12,13)(H,14,15)/t9-/m1/s1. The predicted molar refractivity (Wildman–Crippen MR) is 58.5 cm³/mol. The first-order valence-corrected chi connectivity index (χ1v) is 5.10. The van der Waals surface area contributed by atoms with E-state index in [0.717, 1.165) is 0 Å². The van der Waals surface area contributed by atoms with Crippen LogP contribution in [0.2, 0.25) is 0 Å². The van der Waals surface area contributed by atoms with Crippen molar-refractivity contribution in [2.24, 2.45) is 5.92 Å². The number of carboxylic acid groups (broad SMARTS) is 1. The second kappa shape index (κ2) is 7.04. The van der Waals surface area contributed by atoms with Gasteiger partial charge in [-0.3, -0.25) is 4.79 Å². The minimum Gasteiger partial charge on any atom is -0.480 e. The maximum absolute atomic E-state index is 11.3. The highest BCUT2D eigenvalue weighted by molar-refractivity contribution is 5.83. The summed E-state index contributed by atoms with van der Waals surface area (Å²) < 4.78 is 0. The summed E-state index contributed by atoms with van der Waals surface area (Å²) in [5.41, 5.74) is 0. The summed E-state index contributed by atoms with van der Waals surface area (Å²) in [5, 5.41) is 11.3. The average molecular weight is 213 g/mol. The Labute approximate surface area is 90.4 Å². The van der Waals surface area contributed by atoms with E-state index in [2.05, 4.69) is 11.9 Å². The van der Waals surface area contributed by atoms with Crippen molar-refractivity contribution in [3.63, 3.8) is 0 Å². The van der Waals surface area contributed by atoms with E-state index in [9.17, 15) is 9.59 Å². The van der Waals surface area contributed by atoms with Crippen molar-refractivity contribution >= 4 is 11.9 Å². The normalized spacial score (nSPS) is 12.2. The van der Waals surface area contributed by atoms with Crippen molar-refractivity contribution in [2.45, 2.75) is 39.2 Å². The van der Waals surface area contributed by atoms with Gasteiger partial charge in [0.05, 0.1) is 0 Å². The Morgan fingerprint density at radius 1 is 1.47 bits per heavy atom. The number of nitrogens with one attached hydrogen (secondary N) is 1. The molecule has 86 valence electrons. The lowest BCUT2D eigenvalue weighted by molar-refractivity contribution is -0.142. The molecule has 2 N–H and O–H groups in total. The number of allylic oxidation sites excluding steroid dienone is 1. The third kappa shape index (κ3) is 6.71. The van der Waals surface area contributed by atoms with Crippen molar-refractivity contribution < 1.29 is 14.7 Å². The summed E-state index contributed by atoms with van der Waals surface area (Å²) >= 11 is 0. The van der Waals surface area contributed by atoms with E-state index in [1.165, 1.54) is 0 Å². The van der Waals surface area contributed by atoms with Gasteiger partial charge < -0.3 is 10.4 Å². The topological polar surface area (TPSA) is 66.4 Å². The number of amides is 1. The molecule has 1 amide bonds. The monoisotopic (exact) mass is 213 g/mol. The van der Waals surface area contributed by atoms with Gasteiger partial charge in [-0.15, -0.1) is 6.58 Å². The van der Waals surface area contributed by atoms with Crippen LogP contribution < -0.4 is 5.32 Å². The highest BCUT2D eigenvalue weighted by Crippen LogP contribution is 2.02. The van der Waals surface area contributed by atoms with Gasteiger partial charge in [-0.2, -0.15) is 0 Å². The van der Waals surface area contributed by atoms with E-state index >= 15 is 0 Å². The molecule has 0 rings (SSSR count). The molecule has 0 aliphatic carbocycles. The number of rotatable bonds is 7. The van der Waals surface area contributed by atoms with E-state index in [1.54, 1.807) is 6.08 Å². The van der Waals surface area contributed by atoms with Gasteiger partial charge in [-0.25, -0.2) is 4.79 Å². The van der Waals surface area contributed by atoms with Crippen LogP contribution in [0.5, 0.6) is 0 Å². The predicted octanol–water partition coefficient (Wildman–Crippen LogP) is 1.57. The molecule has 0 heterocycles. The van der Waals surface area contributed by atoms with E-state index in [0.29, 0.717) is 19.3 Å². The first-order chi connectivity index (χ1) is 6.97. The number of hydrogen-bond acceptors (Lipinski definition) is 2. The highest BCUT2D eigenvalue weighted by atomic mass is 16.4. The first-order valence-electron chi connectivity index (χ1n) is 5.10. The lowest BCUT2D eigenvalue weighted by Gasteiger charge is -2.14. The molecule has 0 bridgehead atoms. The average Bonchev–Trinajstić information content (AvgIpc) is 2.10. The van der Waals surface area contributed by atoms with Gasteiger partial charge in [-0.1, -0.05) is 19.9 Å². The van der Waals surface area contributed by atoms with Crippen molar-refractivity contribution in [1.82, 2.24) is 5.32 Å². The fourth-order valence-corrected chi connectivity index (χ4v) is 1.17. The molecule has 1 atom stereocenters. The highest BCUT2D eigenvalue weighted by Gasteiger charge is 2.18. The summed E-state index contributed by atoms with van der Waals surface area (Å²) in [6, 6.07) is -0.797. The Balaban J connectivity index is 4.09. The molecule has 0 aromatic heterocycles. The largest absolute Gasteiger partial charge is 0.480 e. The van der Waals surface area contributed by atoms with Crippen LogP contribution in [0.15, 0.2) is 12.7 Å². The quantitative estimate of drug-likeness (QED) is 0.631. The van der Waals surface area contributed by atoms with Crippen LogP contribution in [-0.4, -0.2) is 23.0 Å². The number of aliphatic carboxylic acids is 1. The molecule has 15 heavy (non-hydrogen) atoms. The van der Waals surface area contributed by atoms with E-state index in [1.807, 2.05) is 13.8 Å². The zero-order chi connectivity index (χ0) is 11.8. The summed E-state index contributed by atoms with van der Waals surface area (Å²) in [7, 11) is 0. The fraction of sp³-hybridized carbons (Fsp3) is 0.636. The van der Waals surface area contributed by atoms with Gasteiger partial charge in [-0.05, 0) is 18.8 Å². The van der Waals surface area contributed by atoms with Crippen molar-refractivity contribution in [2.75, 3.05) is 0 Å². The first kappa shape index (κ1) is 13.7. The Kier molecular flexibility index (Phi) is 6.42. The van der Waals surface area contributed by atoms with Crippen LogP contribution in [0.25, 0.3) is 0 Å². The molecular weight excluding hydrogens is 194 g/mol. The van der Waals surface area contributed by atoms with E-state index < -0.39 is 12.0 Å². The summed E-state index contributed by atoms with van der Waals surface area (Å²) in [4.78, 5) is 22.1. The number of carbonyl (C=O) groups is 2. The second-order valence-electron chi connectivity index (χ2n) is 3.92. The summed E-state index contributed by atoms with van der Waals surface area (Å²) in [6.07, 6.45) is 2.98. The van der Waals surface area contributed by atoms with Crippen molar-refractivity contribution in [3.8, 4) is 0 Å². The Morgan fingerprint density at radius 3 is 2.47 bits per heavy atom. The zero-order valence-electron chi connectivity index (χ0n) is 9.32. The summed E-state index contributed by atoms with van der Waals surface area (Å²) in [5.74, 6) is -0.964. The smallest absolute Gasteiger partial charge is 0.326 e. The van der Waals surface area contributed by atoms with Gasteiger partial charge in [0.25, 0.3) is 0 Å². The minimum atomic E-state index is -0.992. The van der Waals surface area contributed by atoms with Crippen molar-refractivity contribution in [1.29, 1.82) is 0 Å². The van der Waals surface area contributed by atoms with Crippen LogP contribution in [0.1, 0.15) is 33.1 Å². The number of hydrogen-bond donors (Lipinski definition) is 2. The minimum absolute atomic E-state index is 0.207. The molecule has 0 saturated carbocycles. The molecule has 0 unspecified atom stereocenters. The van der Waals surface area contributed by atoms with Crippen LogP contribution in [0.3, 0.4) is 0 Å². The van der Waals surface area contributed by atoms with Crippen molar-refractivity contribution in [3.05, 3.63) is 12.7 Å². The molecule has 0 fully saturated rings. The fourth-order valence-electron chi connectivity index (χ4n) is 1.17. The zero-order valence-corrected chi connectivity index (χ0v) is 9.32. The van der Waals surface area contributed by atoms with Gasteiger partial charge in [0, 0.05) is 6.42 Å². The Bertz CT molecular complexity index is 236.